The number of ether oxygens (including phenoxy) is 1. The molecule has 0 saturated heterocycles. The van der Waals surface area contributed by atoms with Crippen LogP contribution >= 0.6 is 39.0 Å². The van der Waals surface area contributed by atoms with Crippen molar-refractivity contribution in [3.63, 3.8) is 0 Å². The lowest BCUT2D eigenvalue weighted by Gasteiger charge is -2.05. The van der Waals surface area contributed by atoms with Crippen LogP contribution in [0.4, 0.5) is 5.13 Å². The lowest BCUT2D eigenvalue weighted by atomic mass is 10.2. The maximum Gasteiger partial charge on any atom is 0.206 e. The standard InChI is InChI=1S/C14H18BrN3OS2/c1-3-4-7-16-13-17-18-14(21-13)20-9-10-5-6-12(19-2)11(15)8-10/h5-6,8H,3-4,7,9H2,1-2H3,(H,16,17). The van der Waals surface area contributed by atoms with Gasteiger partial charge in [-0.3, -0.25) is 0 Å². The molecule has 0 aliphatic carbocycles. The Morgan fingerprint density at radius 1 is 1.38 bits per heavy atom. The van der Waals surface area contributed by atoms with Crippen LogP contribution in [0.15, 0.2) is 27.0 Å². The zero-order chi connectivity index (χ0) is 15.1. The van der Waals surface area contributed by atoms with Crippen molar-refractivity contribution in [2.75, 3.05) is 19.0 Å². The van der Waals surface area contributed by atoms with Crippen LogP contribution in [-0.4, -0.2) is 23.9 Å². The molecule has 1 aromatic carbocycles. The Labute approximate surface area is 141 Å². The number of unbranched alkanes of at least 4 members (excludes halogenated alkanes) is 1. The Kier molecular flexibility index (Phi) is 6.79. The van der Waals surface area contributed by atoms with Crippen molar-refractivity contribution >= 4 is 44.2 Å². The van der Waals surface area contributed by atoms with Gasteiger partial charge in [0.2, 0.25) is 5.13 Å². The topological polar surface area (TPSA) is 47.0 Å². The first-order valence-electron chi connectivity index (χ1n) is 6.75. The molecule has 0 unspecified atom stereocenters. The highest BCUT2D eigenvalue weighted by Gasteiger charge is 2.06. The molecule has 0 amide bonds. The van der Waals surface area contributed by atoms with E-state index in [1.807, 2.05) is 6.07 Å². The number of aromatic nitrogens is 2. The Morgan fingerprint density at radius 2 is 2.24 bits per heavy atom. The predicted octanol–water partition coefficient (Wildman–Crippen LogP) is 4.81. The van der Waals surface area contributed by atoms with E-state index in [4.69, 9.17) is 4.74 Å². The Balaban J connectivity index is 1.86. The van der Waals surface area contributed by atoms with Crippen LogP contribution in [0.5, 0.6) is 5.75 Å². The molecule has 114 valence electrons. The van der Waals surface area contributed by atoms with Crippen molar-refractivity contribution in [3.05, 3.63) is 28.2 Å². The zero-order valence-electron chi connectivity index (χ0n) is 12.1. The quantitative estimate of drug-likeness (QED) is 0.519. The Morgan fingerprint density at radius 3 is 2.95 bits per heavy atom. The molecular weight excluding hydrogens is 370 g/mol. The number of hydrogen-bond acceptors (Lipinski definition) is 6. The molecule has 0 aliphatic rings. The number of thioether (sulfide) groups is 1. The molecule has 1 heterocycles. The molecule has 0 radical (unpaired) electrons. The third kappa shape index (κ3) is 5.16. The first-order valence-corrected chi connectivity index (χ1v) is 9.35. The first-order chi connectivity index (χ1) is 10.2. The summed E-state index contributed by atoms with van der Waals surface area (Å²) < 4.78 is 7.19. The van der Waals surface area contributed by atoms with E-state index < -0.39 is 0 Å². The highest BCUT2D eigenvalue weighted by atomic mass is 79.9. The molecule has 7 heteroatoms. The maximum absolute atomic E-state index is 5.23. The van der Waals surface area contributed by atoms with E-state index in [9.17, 15) is 0 Å². The summed E-state index contributed by atoms with van der Waals surface area (Å²) in [5.41, 5.74) is 1.23. The number of benzene rings is 1. The Bertz CT molecular complexity index is 577. The van der Waals surface area contributed by atoms with Crippen LogP contribution in [0.3, 0.4) is 0 Å². The molecule has 0 aliphatic heterocycles. The number of anilines is 1. The fourth-order valence-electron chi connectivity index (χ4n) is 1.66. The van der Waals surface area contributed by atoms with Crippen LogP contribution < -0.4 is 10.1 Å². The number of hydrogen-bond donors (Lipinski definition) is 1. The van der Waals surface area contributed by atoms with E-state index in [0.29, 0.717) is 0 Å². The average molecular weight is 388 g/mol. The van der Waals surface area contributed by atoms with Crippen LogP contribution in [0.25, 0.3) is 0 Å². The van der Waals surface area contributed by atoms with Crippen molar-refractivity contribution < 1.29 is 4.74 Å². The number of nitrogens with zero attached hydrogens (tertiary/aromatic N) is 2. The molecule has 1 N–H and O–H groups in total. The van der Waals surface area contributed by atoms with Gasteiger partial charge in [0.1, 0.15) is 5.75 Å². The average Bonchev–Trinajstić information content (AvgIpc) is 2.93. The van der Waals surface area contributed by atoms with Crippen LogP contribution in [0.1, 0.15) is 25.3 Å². The number of nitrogens with one attached hydrogen (secondary N) is 1. The van der Waals surface area contributed by atoms with Crippen molar-refractivity contribution in [1.82, 2.24) is 10.2 Å². The van der Waals surface area contributed by atoms with Gasteiger partial charge in [-0.25, -0.2) is 0 Å². The third-order valence-corrected chi connectivity index (χ3v) is 5.50. The van der Waals surface area contributed by atoms with Crippen molar-refractivity contribution in [2.24, 2.45) is 0 Å². The van der Waals surface area contributed by atoms with Crippen molar-refractivity contribution in [3.8, 4) is 5.75 Å². The molecule has 0 bridgehead atoms. The summed E-state index contributed by atoms with van der Waals surface area (Å²) in [6.45, 7) is 3.14. The van der Waals surface area contributed by atoms with E-state index in [1.54, 1.807) is 30.2 Å². The van der Waals surface area contributed by atoms with E-state index in [2.05, 4.69) is 50.5 Å². The summed E-state index contributed by atoms with van der Waals surface area (Å²) in [7, 11) is 1.67. The number of rotatable bonds is 8. The van der Waals surface area contributed by atoms with Crippen LogP contribution in [0.2, 0.25) is 0 Å². The maximum atomic E-state index is 5.23. The first kappa shape index (κ1) is 16.6. The third-order valence-electron chi connectivity index (χ3n) is 2.79. The molecule has 21 heavy (non-hydrogen) atoms. The molecule has 4 nitrogen and oxygen atoms in total. The predicted molar refractivity (Wildman–Crippen MR) is 93.6 cm³/mol. The van der Waals surface area contributed by atoms with Gasteiger partial charge >= 0.3 is 0 Å². The van der Waals surface area contributed by atoms with Gasteiger partial charge in [-0.1, -0.05) is 42.5 Å². The largest absolute Gasteiger partial charge is 0.496 e. The lowest BCUT2D eigenvalue weighted by molar-refractivity contribution is 0.412. The fraction of sp³-hybridized carbons (Fsp3) is 0.429. The lowest BCUT2D eigenvalue weighted by Crippen LogP contribution is -1.99. The summed E-state index contributed by atoms with van der Waals surface area (Å²) in [4.78, 5) is 0. The second-order valence-electron chi connectivity index (χ2n) is 4.41. The van der Waals surface area contributed by atoms with Gasteiger partial charge in [-0.2, -0.15) is 0 Å². The van der Waals surface area contributed by atoms with Gasteiger partial charge in [-0.15, -0.1) is 10.2 Å². The fourth-order valence-corrected chi connectivity index (χ4v) is 3.96. The minimum absolute atomic E-state index is 0.849. The minimum Gasteiger partial charge on any atom is -0.496 e. The van der Waals surface area contributed by atoms with Gasteiger partial charge in [-0.05, 0) is 40.0 Å². The summed E-state index contributed by atoms with van der Waals surface area (Å²) in [5.74, 6) is 1.72. The second-order valence-corrected chi connectivity index (χ2v) is 7.47. The van der Waals surface area contributed by atoms with Gasteiger partial charge in [0.05, 0.1) is 11.6 Å². The van der Waals surface area contributed by atoms with E-state index in [0.717, 1.165) is 38.4 Å². The summed E-state index contributed by atoms with van der Waals surface area (Å²) >= 11 is 6.81. The SMILES string of the molecule is CCCCNc1nnc(SCc2ccc(OC)c(Br)c2)s1. The van der Waals surface area contributed by atoms with Gasteiger partial charge in [0.15, 0.2) is 4.34 Å². The van der Waals surface area contributed by atoms with E-state index >= 15 is 0 Å². The molecule has 2 aromatic rings. The molecule has 0 saturated carbocycles. The Hall–Kier alpha value is -0.790. The van der Waals surface area contributed by atoms with Gasteiger partial charge in [0.25, 0.3) is 0 Å². The summed E-state index contributed by atoms with van der Waals surface area (Å²) in [6.07, 6.45) is 2.34. The normalized spacial score (nSPS) is 10.6. The highest BCUT2D eigenvalue weighted by Crippen LogP contribution is 2.31. The van der Waals surface area contributed by atoms with E-state index in [-0.39, 0.29) is 0 Å². The minimum atomic E-state index is 0.849. The van der Waals surface area contributed by atoms with Crippen molar-refractivity contribution in [1.29, 1.82) is 0 Å². The number of methoxy groups -OCH3 is 1. The highest BCUT2D eigenvalue weighted by molar-refractivity contribution is 9.10. The van der Waals surface area contributed by atoms with Crippen molar-refractivity contribution in [2.45, 2.75) is 29.9 Å². The van der Waals surface area contributed by atoms with Gasteiger partial charge in [0, 0.05) is 12.3 Å². The smallest absolute Gasteiger partial charge is 0.206 e. The van der Waals surface area contributed by atoms with Gasteiger partial charge < -0.3 is 10.1 Å². The monoisotopic (exact) mass is 387 g/mol. The number of halogens is 1. The molecule has 0 fully saturated rings. The molecule has 2 rings (SSSR count). The van der Waals surface area contributed by atoms with Crippen LogP contribution in [0, 0.1) is 0 Å². The zero-order valence-corrected chi connectivity index (χ0v) is 15.3. The molecule has 1 aromatic heterocycles. The summed E-state index contributed by atoms with van der Waals surface area (Å²) in [5, 5.41) is 12.6. The molecule has 0 spiro atoms. The second kappa shape index (κ2) is 8.60. The molecular formula is C14H18BrN3OS2. The van der Waals surface area contributed by atoms with Crippen LogP contribution in [-0.2, 0) is 5.75 Å². The molecule has 0 atom stereocenters. The van der Waals surface area contributed by atoms with E-state index in [1.165, 1.54) is 12.0 Å². The summed E-state index contributed by atoms with van der Waals surface area (Å²) in [6, 6.07) is 6.11.